The first-order valence-corrected chi connectivity index (χ1v) is 6.21. The van der Waals surface area contributed by atoms with Crippen molar-refractivity contribution in [1.82, 2.24) is 0 Å². The van der Waals surface area contributed by atoms with Gasteiger partial charge >= 0.3 is 5.97 Å². The summed E-state index contributed by atoms with van der Waals surface area (Å²) in [5.74, 6) is -0.362. The molecule has 0 heterocycles. The molecule has 0 fully saturated rings. The highest BCUT2D eigenvalue weighted by Crippen LogP contribution is 2.13. The molecule has 0 saturated heterocycles. The van der Waals surface area contributed by atoms with Crippen LogP contribution in [0.5, 0.6) is 0 Å². The van der Waals surface area contributed by atoms with Gasteiger partial charge in [0.05, 0.1) is 7.11 Å². The van der Waals surface area contributed by atoms with Crippen molar-refractivity contribution in [1.29, 1.82) is 0 Å². The van der Waals surface area contributed by atoms with Crippen LogP contribution in [0, 0.1) is 0 Å². The summed E-state index contributed by atoms with van der Waals surface area (Å²) < 4.78 is 4.54. The van der Waals surface area contributed by atoms with Gasteiger partial charge in [0.2, 0.25) is 0 Å². The van der Waals surface area contributed by atoms with E-state index in [1.807, 2.05) is 18.2 Å². The SMILES string of the molecule is COC(=O)CNc1ccc(C(=O)c2ccccc2)cc1. The summed E-state index contributed by atoms with van der Waals surface area (Å²) in [4.78, 5) is 23.2. The third-order valence-corrected chi connectivity index (χ3v) is 2.85. The van der Waals surface area contributed by atoms with Crippen LogP contribution < -0.4 is 5.32 Å². The Labute approximate surface area is 117 Å². The van der Waals surface area contributed by atoms with Gasteiger partial charge in [0.25, 0.3) is 0 Å². The zero-order valence-corrected chi connectivity index (χ0v) is 11.1. The summed E-state index contributed by atoms with van der Waals surface area (Å²) in [7, 11) is 1.34. The molecule has 0 unspecified atom stereocenters. The highest BCUT2D eigenvalue weighted by molar-refractivity contribution is 6.09. The average Bonchev–Trinajstić information content (AvgIpc) is 2.53. The Morgan fingerprint density at radius 2 is 1.55 bits per heavy atom. The number of benzene rings is 2. The predicted molar refractivity (Wildman–Crippen MR) is 76.8 cm³/mol. The Morgan fingerprint density at radius 3 is 2.15 bits per heavy atom. The van der Waals surface area contributed by atoms with Crippen LogP contribution in [0.3, 0.4) is 0 Å². The van der Waals surface area contributed by atoms with Crippen LogP contribution in [0.4, 0.5) is 5.69 Å². The van der Waals surface area contributed by atoms with E-state index < -0.39 is 0 Å². The fourth-order valence-electron chi connectivity index (χ4n) is 1.74. The monoisotopic (exact) mass is 269 g/mol. The third-order valence-electron chi connectivity index (χ3n) is 2.85. The Balaban J connectivity index is 2.05. The van der Waals surface area contributed by atoms with E-state index in [2.05, 4.69) is 10.1 Å². The van der Waals surface area contributed by atoms with Gasteiger partial charge in [-0.3, -0.25) is 9.59 Å². The summed E-state index contributed by atoms with van der Waals surface area (Å²) in [6.45, 7) is 0.0997. The van der Waals surface area contributed by atoms with Crippen molar-refractivity contribution in [3.05, 3.63) is 65.7 Å². The number of carbonyl (C=O) groups excluding carboxylic acids is 2. The van der Waals surface area contributed by atoms with Gasteiger partial charge in [-0.15, -0.1) is 0 Å². The number of methoxy groups -OCH3 is 1. The Morgan fingerprint density at radius 1 is 0.950 bits per heavy atom. The summed E-state index contributed by atoms with van der Waals surface area (Å²) >= 11 is 0. The Kier molecular flexibility index (Phi) is 4.50. The van der Waals surface area contributed by atoms with Crippen LogP contribution in [0.2, 0.25) is 0 Å². The maximum atomic E-state index is 12.2. The molecule has 0 spiro atoms. The van der Waals surface area contributed by atoms with E-state index in [0.717, 1.165) is 5.69 Å². The van der Waals surface area contributed by atoms with Crippen molar-refractivity contribution in [2.45, 2.75) is 0 Å². The molecule has 2 aromatic rings. The van der Waals surface area contributed by atoms with Crippen molar-refractivity contribution in [3.8, 4) is 0 Å². The van der Waals surface area contributed by atoms with Crippen molar-refractivity contribution in [2.75, 3.05) is 19.0 Å². The lowest BCUT2D eigenvalue weighted by molar-refractivity contribution is -0.138. The zero-order chi connectivity index (χ0) is 14.4. The first kappa shape index (κ1) is 13.8. The van der Waals surface area contributed by atoms with Crippen molar-refractivity contribution >= 4 is 17.4 Å². The molecule has 102 valence electrons. The molecule has 0 saturated carbocycles. The molecule has 0 amide bonds. The molecule has 2 rings (SSSR count). The quantitative estimate of drug-likeness (QED) is 0.669. The minimum absolute atomic E-state index is 0.0230. The first-order valence-electron chi connectivity index (χ1n) is 6.21. The number of hydrogen-bond acceptors (Lipinski definition) is 4. The number of anilines is 1. The van der Waals surface area contributed by atoms with E-state index in [0.29, 0.717) is 11.1 Å². The highest BCUT2D eigenvalue weighted by Gasteiger charge is 2.08. The number of rotatable bonds is 5. The molecule has 0 aromatic heterocycles. The van der Waals surface area contributed by atoms with Gasteiger partial charge in [-0.1, -0.05) is 30.3 Å². The second-order valence-corrected chi connectivity index (χ2v) is 4.20. The Bertz CT molecular complexity index is 591. The van der Waals surface area contributed by atoms with E-state index in [1.165, 1.54) is 7.11 Å². The van der Waals surface area contributed by atoms with Gasteiger partial charge in [0.1, 0.15) is 6.54 Å². The summed E-state index contributed by atoms with van der Waals surface area (Å²) in [5, 5.41) is 2.92. The molecule has 4 heteroatoms. The lowest BCUT2D eigenvalue weighted by Gasteiger charge is -2.06. The number of esters is 1. The molecule has 0 radical (unpaired) electrons. The van der Waals surface area contributed by atoms with E-state index in [1.54, 1.807) is 36.4 Å². The molecule has 0 aliphatic carbocycles. The number of hydrogen-bond donors (Lipinski definition) is 1. The van der Waals surface area contributed by atoms with E-state index in [-0.39, 0.29) is 18.3 Å². The van der Waals surface area contributed by atoms with Crippen molar-refractivity contribution in [2.24, 2.45) is 0 Å². The molecule has 0 bridgehead atoms. The minimum atomic E-state index is -0.338. The Hall–Kier alpha value is -2.62. The molecular weight excluding hydrogens is 254 g/mol. The molecule has 4 nitrogen and oxygen atoms in total. The van der Waals surface area contributed by atoms with Gasteiger partial charge in [-0.2, -0.15) is 0 Å². The second kappa shape index (κ2) is 6.52. The standard InChI is InChI=1S/C16H15NO3/c1-20-15(18)11-17-14-9-7-13(8-10-14)16(19)12-5-3-2-4-6-12/h2-10,17H,11H2,1H3. The highest BCUT2D eigenvalue weighted by atomic mass is 16.5. The minimum Gasteiger partial charge on any atom is -0.468 e. The zero-order valence-electron chi connectivity index (χ0n) is 11.1. The van der Waals surface area contributed by atoms with Gasteiger partial charge in [-0.05, 0) is 24.3 Å². The molecule has 0 aliphatic rings. The third kappa shape index (κ3) is 3.45. The summed E-state index contributed by atoms with van der Waals surface area (Å²) in [6, 6.07) is 16.1. The van der Waals surface area contributed by atoms with E-state index >= 15 is 0 Å². The van der Waals surface area contributed by atoms with E-state index in [9.17, 15) is 9.59 Å². The number of ether oxygens (including phenoxy) is 1. The maximum absolute atomic E-state index is 12.2. The fourth-order valence-corrected chi connectivity index (χ4v) is 1.74. The lowest BCUT2D eigenvalue weighted by Crippen LogP contribution is -2.14. The molecule has 20 heavy (non-hydrogen) atoms. The second-order valence-electron chi connectivity index (χ2n) is 4.20. The number of carbonyl (C=O) groups is 2. The summed E-state index contributed by atoms with van der Waals surface area (Å²) in [5.41, 5.74) is 2.03. The van der Waals surface area contributed by atoms with Crippen LogP contribution in [0.15, 0.2) is 54.6 Å². The van der Waals surface area contributed by atoms with Crippen molar-refractivity contribution in [3.63, 3.8) is 0 Å². The van der Waals surface area contributed by atoms with Crippen LogP contribution >= 0.6 is 0 Å². The normalized spacial score (nSPS) is 9.85. The smallest absolute Gasteiger partial charge is 0.325 e. The van der Waals surface area contributed by atoms with Crippen molar-refractivity contribution < 1.29 is 14.3 Å². The average molecular weight is 269 g/mol. The number of ketones is 1. The molecular formula is C16H15NO3. The summed E-state index contributed by atoms with van der Waals surface area (Å²) in [6.07, 6.45) is 0. The van der Waals surface area contributed by atoms with Gasteiger partial charge in [0, 0.05) is 16.8 Å². The van der Waals surface area contributed by atoms with E-state index in [4.69, 9.17) is 0 Å². The van der Waals surface area contributed by atoms with Crippen LogP contribution in [0.1, 0.15) is 15.9 Å². The lowest BCUT2D eigenvalue weighted by atomic mass is 10.0. The van der Waals surface area contributed by atoms with Crippen LogP contribution in [-0.2, 0) is 9.53 Å². The van der Waals surface area contributed by atoms with Crippen LogP contribution in [-0.4, -0.2) is 25.4 Å². The molecule has 2 aromatic carbocycles. The maximum Gasteiger partial charge on any atom is 0.325 e. The topological polar surface area (TPSA) is 55.4 Å². The van der Waals surface area contributed by atoms with Gasteiger partial charge in [-0.25, -0.2) is 0 Å². The molecule has 0 aliphatic heterocycles. The molecule has 0 atom stereocenters. The van der Waals surface area contributed by atoms with Gasteiger partial charge < -0.3 is 10.1 Å². The largest absolute Gasteiger partial charge is 0.468 e. The van der Waals surface area contributed by atoms with Crippen LogP contribution in [0.25, 0.3) is 0 Å². The predicted octanol–water partition coefficient (Wildman–Crippen LogP) is 2.50. The molecule has 1 N–H and O–H groups in total. The first-order chi connectivity index (χ1) is 9.70. The fraction of sp³-hybridized carbons (Fsp3) is 0.125. The number of nitrogens with one attached hydrogen (secondary N) is 1. The van der Waals surface area contributed by atoms with Gasteiger partial charge in [0.15, 0.2) is 5.78 Å².